The van der Waals surface area contributed by atoms with Crippen molar-refractivity contribution < 1.29 is 17.6 Å². The Morgan fingerprint density at radius 2 is 2.00 bits per heavy atom. The second-order valence-electron chi connectivity index (χ2n) is 4.12. The minimum Gasteiger partial charge on any atom is -0.459 e. The zero-order valence-corrected chi connectivity index (χ0v) is 11.8. The van der Waals surface area contributed by atoms with Crippen molar-refractivity contribution in [2.75, 3.05) is 12.4 Å². The van der Waals surface area contributed by atoms with Gasteiger partial charge >= 0.3 is 0 Å². The van der Waals surface area contributed by atoms with Gasteiger partial charge < -0.3 is 9.73 Å². The van der Waals surface area contributed by atoms with Gasteiger partial charge in [-0.3, -0.25) is 4.79 Å². The van der Waals surface area contributed by atoms with Crippen LogP contribution in [0.3, 0.4) is 0 Å². The van der Waals surface area contributed by atoms with E-state index >= 15 is 0 Å². The lowest BCUT2D eigenvalue weighted by molar-refractivity contribution is 0.0996. The van der Waals surface area contributed by atoms with Crippen molar-refractivity contribution >= 4 is 21.6 Å². The third-order valence-corrected chi connectivity index (χ3v) is 4.19. The van der Waals surface area contributed by atoms with Crippen molar-refractivity contribution in [1.82, 2.24) is 4.72 Å². The lowest BCUT2D eigenvalue weighted by Gasteiger charge is -2.10. The molecule has 0 saturated heterocycles. The number of furan rings is 1. The van der Waals surface area contributed by atoms with E-state index in [2.05, 4.69) is 10.0 Å². The molecule has 0 bridgehead atoms. The fraction of sp³-hybridized carbons (Fsp3) is 0.154. The predicted octanol–water partition coefficient (Wildman–Crippen LogP) is 1.75. The number of amides is 1. The number of hydrogen-bond acceptors (Lipinski definition) is 4. The van der Waals surface area contributed by atoms with Gasteiger partial charge in [0.2, 0.25) is 10.0 Å². The topological polar surface area (TPSA) is 88.4 Å². The highest BCUT2D eigenvalue weighted by Crippen LogP contribution is 2.20. The average Bonchev–Trinajstić information content (AvgIpc) is 2.95. The van der Waals surface area contributed by atoms with Crippen molar-refractivity contribution in [3.8, 4) is 0 Å². The summed E-state index contributed by atoms with van der Waals surface area (Å²) >= 11 is 0. The highest BCUT2D eigenvalue weighted by Gasteiger charge is 2.15. The lowest BCUT2D eigenvalue weighted by atomic mass is 10.2. The Morgan fingerprint density at radius 1 is 1.25 bits per heavy atom. The van der Waals surface area contributed by atoms with Crippen LogP contribution >= 0.6 is 0 Å². The predicted molar refractivity (Wildman–Crippen MR) is 74.1 cm³/mol. The van der Waals surface area contributed by atoms with Gasteiger partial charge in [-0.2, -0.15) is 0 Å². The Kier molecular flexibility index (Phi) is 3.91. The molecule has 1 heterocycles. The monoisotopic (exact) mass is 294 g/mol. The average molecular weight is 294 g/mol. The van der Waals surface area contributed by atoms with Crippen LogP contribution in [0.1, 0.15) is 16.1 Å². The summed E-state index contributed by atoms with van der Waals surface area (Å²) in [5.74, 6) is -0.275. The van der Waals surface area contributed by atoms with E-state index in [0.29, 0.717) is 5.69 Å². The van der Waals surface area contributed by atoms with E-state index in [1.54, 1.807) is 19.1 Å². The quantitative estimate of drug-likeness (QED) is 0.899. The van der Waals surface area contributed by atoms with Crippen LogP contribution in [0.15, 0.2) is 45.9 Å². The van der Waals surface area contributed by atoms with Crippen LogP contribution in [0.25, 0.3) is 0 Å². The van der Waals surface area contributed by atoms with Crippen molar-refractivity contribution in [1.29, 1.82) is 0 Å². The van der Waals surface area contributed by atoms with Gasteiger partial charge in [-0.1, -0.05) is 6.07 Å². The van der Waals surface area contributed by atoms with Gasteiger partial charge in [0.25, 0.3) is 5.91 Å². The van der Waals surface area contributed by atoms with Crippen LogP contribution < -0.4 is 10.0 Å². The zero-order chi connectivity index (χ0) is 14.8. The fourth-order valence-corrected chi connectivity index (χ4v) is 2.37. The highest BCUT2D eigenvalue weighted by atomic mass is 32.2. The van der Waals surface area contributed by atoms with E-state index < -0.39 is 15.9 Å². The minimum absolute atomic E-state index is 0.0837. The Morgan fingerprint density at radius 3 is 2.60 bits per heavy atom. The molecule has 0 fully saturated rings. The van der Waals surface area contributed by atoms with Gasteiger partial charge in [0.05, 0.1) is 11.2 Å². The first kappa shape index (κ1) is 14.3. The molecule has 1 amide bonds. The van der Waals surface area contributed by atoms with Gasteiger partial charge in [-0.15, -0.1) is 0 Å². The normalized spacial score (nSPS) is 11.3. The second-order valence-corrected chi connectivity index (χ2v) is 6.00. The Hall–Kier alpha value is -2.12. The maximum Gasteiger partial charge on any atom is 0.291 e. The van der Waals surface area contributed by atoms with Crippen molar-refractivity contribution in [2.45, 2.75) is 11.8 Å². The van der Waals surface area contributed by atoms with Gasteiger partial charge in [-0.25, -0.2) is 13.1 Å². The van der Waals surface area contributed by atoms with Crippen LogP contribution in [0.2, 0.25) is 0 Å². The van der Waals surface area contributed by atoms with Gasteiger partial charge in [0.1, 0.15) is 0 Å². The Labute approximate surface area is 116 Å². The van der Waals surface area contributed by atoms with Crippen molar-refractivity contribution in [3.63, 3.8) is 0 Å². The highest BCUT2D eigenvalue weighted by molar-refractivity contribution is 7.89. The van der Waals surface area contributed by atoms with Crippen LogP contribution in [0.5, 0.6) is 0 Å². The summed E-state index contributed by atoms with van der Waals surface area (Å²) in [6.45, 7) is 1.77. The molecule has 2 aromatic rings. The summed E-state index contributed by atoms with van der Waals surface area (Å²) in [6, 6.07) is 7.64. The summed E-state index contributed by atoms with van der Waals surface area (Å²) in [7, 11) is -2.22. The SMILES string of the molecule is CNS(=O)(=O)c1ccc(C)c(NC(=O)c2ccco2)c1. The number of benzene rings is 1. The molecular formula is C13H14N2O4S. The number of sulfonamides is 1. The summed E-state index contributed by atoms with van der Waals surface area (Å²) < 4.78 is 30.7. The van der Waals surface area contributed by atoms with Gasteiger partial charge in [-0.05, 0) is 43.8 Å². The molecule has 1 aromatic carbocycles. The summed E-state index contributed by atoms with van der Waals surface area (Å²) in [6.07, 6.45) is 1.39. The number of nitrogens with one attached hydrogen (secondary N) is 2. The standard InChI is InChI=1S/C13H14N2O4S/c1-9-5-6-10(20(17,18)14-2)8-11(9)15-13(16)12-4-3-7-19-12/h3-8,14H,1-2H3,(H,15,16). The van der Waals surface area contributed by atoms with Gasteiger partial charge in [0, 0.05) is 5.69 Å². The molecular weight excluding hydrogens is 280 g/mol. The molecule has 0 radical (unpaired) electrons. The molecule has 1 aromatic heterocycles. The minimum atomic E-state index is -3.55. The summed E-state index contributed by atoms with van der Waals surface area (Å²) in [5.41, 5.74) is 1.17. The molecule has 0 aliphatic carbocycles. The molecule has 2 rings (SSSR count). The van der Waals surface area contributed by atoms with E-state index in [4.69, 9.17) is 4.42 Å². The number of carbonyl (C=O) groups excluding carboxylic acids is 1. The first-order chi connectivity index (χ1) is 9.44. The van der Waals surface area contributed by atoms with Crippen LogP contribution in [0, 0.1) is 6.92 Å². The molecule has 0 atom stereocenters. The van der Waals surface area contributed by atoms with Crippen LogP contribution in [-0.2, 0) is 10.0 Å². The lowest BCUT2D eigenvalue weighted by Crippen LogP contribution is -2.19. The maximum atomic E-state index is 11.9. The number of carbonyl (C=O) groups is 1. The molecule has 20 heavy (non-hydrogen) atoms. The van der Waals surface area contributed by atoms with Gasteiger partial charge in [0.15, 0.2) is 5.76 Å². The van der Waals surface area contributed by atoms with Crippen LogP contribution in [0.4, 0.5) is 5.69 Å². The Bertz CT molecular complexity index is 721. The molecule has 0 spiro atoms. The molecule has 0 saturated carbocycles. The maximum absolute atomic E-state index is 11.9. The van der Waals surface area contributed by atoms with Crippen LogP contribution in [-0.4, -0.2) is 21.4 Å². The van der Waals surface area contributed by atoms with E-state index in [0.717, 1.165) is 5.56 Å². The summed E-state index contributed by atoms with van der Waals surface area (Å²) in [5, 5.41) is 2.62. The van der Waals surface area contributed by atoms with Crippen molar-refractivity contribution in [3.05, 3.63) is 47.9 Å². The largest absolute Gasteiger partial charge is 0.459 e. The molecule has 2 N–H and O–H groups in total. The first-order valence-corrected chi connectivity index (χ1v) is 7.31. The molecule has 7 heteroatoms. The smallest absolute Gasteiger partial charge is 0.291 e. The number of anilines is 1. The molecule has 0 aliphatic heterocycles. The Balaban J connectivity index is 2.33. The fourth-order valence-electron chi connectivity index (χ4n) is 1.61. The molecule has 6 nitrogen and oxygen atoms in total. The molecule has 0 unspecified atom stereocenters. The third kappa shape index (κ3) is 2.89. The summed E-state index contributed by atoms with van der Waals surface area (Å²) in [4.78, 5) is 12.0. The number of aryl methyl sites for hydroxylation is 1. The molecule has 0 aliphatic rings. The first-order valence-electron chi connectivity index (χ1n) is 5.83. The number of rotatable bonds is 4. The second kappa shape index (κ2) is 5.48. The van der Waals surface area contributed by atoms with E-state index in [1.165, 1.54) is 31.5 Å². The van der Waals surface area contributed by atoms with Crippen molar-refractivity contribution in [2.24, 2.45) is 0 Å². The van der Waals surface area contributed by atoms with E-state index in [-0.39, 0.29) is 10.7 Å². The third-order valence-electron chi connectivity index (χ3n) is 2.78. The zero-order valence-electron chi connectivity index (χ0n) is 11.0. The molecule has 106 valence electrons. The number of hydrogen-bond donors (Lipinski definition) is 2. The van der Waals surface area contributed by atoms with E-state index in [9.17, 15) is 13.2 Å². The van der Waals surface area contributed by atoms with E-state index in [1.807, 2.05) is 0 Å².